The molecule has 2 aromatic heterocycles. The maximum Gasteiger partial charge on any atom is 0.416 e. The Morgan fingerprint density at radius 1 is 1.13 bits per heavy atom. The zero-order valence-corrected chi connectivity index (χ0v) is 17.6. The number of rotatable bonds is 4. The van der Waals surface area contributed by atoms with Crippen LogP contribution >= 0.6 is 0 Å². The molecule has 0 saturated carbocycles. The first-order chi connectivity index (χ1) is 14.8. The van der Waals surface area contributed by atoms with Crippen molar-refractivity contribution in [2.75, 3.05) is 39.2 Å². The second kappa shape index (κ2) is 8.30. The molecule has 1 unspecified atom stereocenters. The van der Waals surface area contributed by atoms with Gasteiger partial charge in [-0.05, 0) is 51.2 Å². The molecule has 4 rings (SSSR count). The number of likely N-dealkylation sites (N-methyl/N-ethyl adjacent to an activating group) is 1. The number of pyridine rings is 1. The van der Waals surface area contributed by atoms with Gasteiger partial charge in [-0.15, -0.1) is 10.2 Å². The largest absolute Gasteiger partial charge is 0.496 e. The molecule has 6 nitrogen and oxygen atoms in total. The number of hydrogen-bond acceptors (Lipinski definition) is 6. The molecule has 0 amide bonds. The summed E-state index contributed by atoms with van der Waals surface area (Å²) in [5, 5.41) is 10.5. The van der Waals surface area contributed by atoms with Crippen molar-refractivity contribution in [1.82, 2.24) is 20.1 Å². The number of benzene rings is 1. The third-order valence-corrected chi connectivity index (χ3v) is 5.77. The van der Waals surface area contributed by atoms with Crippen molar-refractivity contribution < 1.29 is 17.9 Å². The van der Waals surface area contributed by atoms with Crippen molar-refractivity contribution in [2.45, 2.75) is 25.1 Å². The number of anilines is 1. The number of fused-ring (bicyclic) bond motifs is 1. The first-order valence-electron chi connectivity index (χ1n) is 10.1. The molecule has 0 bridgehead atoms. The molecule has 0 aliphatic carbocycles. The Kier molecular flexibility index (Phi) is 5.70. The second-order valence-corrected chi connectivity index (χ2v) is 7.91. The van der Waals surface area contributed by atoms with Crippen molar-refractivity contribution in [3.63, 3.8) is 0 Å². The highest BCUT2D eigenvalue weighted by molar-refractivity contribution is 6.00. The summed E-state index contributed by atoms with van der Waals surface area (Å²) < 4.78 is 44.7. The third kappa shape index (κ3) is 4.14. The number of nitrogens with zero attached hydrogens (tertiary/aromatic N) is 5. The van der Waals surface area contributed by atoms with E-state index in [1.165, 1.54) is 13.2 Å². The summed E-state index contributed by atoms with van der Waals surface area (Å²) in [6.07, 6.45) is 1.08. The smallest absolute Gasteiger partial charge is 0.416 e. The summed E-state index contributed by atoms with van der Waals surface area (Å²) in [6.45, 7) is 1.71. The molecule has 1 fully saturated rings. The summed E-state index contributed by atoms with van der Waals surface area (Å²) in [7, 11) is 5.49. The number of aromatic nitrogens is 3. The fourth-order valence-electron chi connectivity index (χ4n) is 4.05. The van der Waals surface area contributed by atoms with Gasteiger partial charge in [-0.3, -0.25) is 4.98 Å². The molecule has 1 aromatic carbocycles. The number of piperidine rings is 1. The van der Waals surface area contributed by atoms with Gasteiger partial charge in [-0.1, -0.05) is 0 Å². The summed E-state index contributed by atoms with van der Waals surface area (Å²) in [6, 6.07) is 5.68. The first-order valence-corrected chi connectivity index (χ1v) is 10.1. The lowest BCUT2D eigenvalue weighted by molar-refractivity contribution is -0.137. The lowest BCUT2D eigenvalue weighted by Gasteiger charge is -2.37. The minimum absolute atomic E-state index is 0.0904. The van der Waals surface area contributed by atoms with Crippen molar-refractivity contribution in [2.24, 2.45) is 0 Å². The molecule has 1 aliphatic rings. The van der Waals surface area contributed by atoms with E-state index in [0.29, 0.717) is 17.3 Å². The lowest BCUT2D eigenvalue weighted by Crippen LogP contribution is -2.45. The molecule has 1 saturated heterocycles. The van der Waals surface area contributed by atoms with Crippen molar-refractivity contribution in [1.29, 1.82) is 0 Å². The van der Waals surface area contributed by atoms with Gasteiger partial charge in [-0.25, -0.2) is 0 Å². The molecular weight excluding hydrogens is 407 g/mol. The second-order valence-electron chi connectivity index (χ2n) is 7.91. The average molecular weight is 431 g/mol. The lowest BCUT2D eigenvalue weighted by atomic mass is 10.0. The normalized spacial score (nSPS) is 17.4. The Labute approximate surface area is 178 Å². The van der Waals surface area contributed by atoms with Crippen LogP contribution < -0.4 is 9.64 Å². The molecule has 0 radical (unpaired) electrons. The van der Waals surface area contributed by atoms with Crippen LogP contribution in [0, 0.1) is 0 Å². The number of alkyl halides is 3. The van der Waals surface area contributed by atoms with Gasteiger partial charge in [0.15, 0.2) is 5.82 Å². The van der Waals surface area contributed by atoms with Crippen LogP contribution in [0.5, 0.6) is 5.75 Å². The molecule has 1 aliphatic heterocycles. The zero-order chi connectivity index (χ0) is 22.2. The quantitative estimate of drug-likeness (QED) is 0.616. The average Bonchev–Trinajstić information content (AvgIpc) is 2.77. The molecule has 164 valence electrons. The molecule has 3 aromatic rings. The predicted molar refractivity (Wildman–Crippen MR) is 113 cm³/mol. The van der Waals surface area contributed by atoms with Crippen LogP contribution in [0.15, 0.2) is 36.7 Å². The van der Waals surface area contributed by atoms with Crippen LogP contribution in [0.3, 0.4) is 0 Å². The summed E-state index contributed by atoms with van der Waals surface area (Å²) in [5.74, 6) is 0.853. The Balaban J connectivity index is 1.81. The van der Waals surface area contributed by atoms with E-state index < -0.39 is 11.7 Å². The van der Waals surface area contributed by atoms with Crippen LogP contribution in [-0.2, 0) is 6.18 Å². The fraction of sp³-hybridized carbons (Fsp3) is 0.409. The van der Waals surface area contributed by atoms with Gasteiger partial charge in [0.2, 0.25) is 0 Å². The predicted octanol–water partition coefficient (Wildman–Crippen LogP) is 4.25. The maximum absolute atomic E-state index is 13.1. The van der Waals surface area contributed by atoms with E-state index in [-0.39, 0.29) is 5.75 Å². The standard InChI is InChI=1S/C22H24F3N5O/c1-29(2)15-5-4-10-30(13-15)21-16-8-9-26-12-18(16)20(27-28-21)17-7-6-14(22(23,24)25)11-19(17)31-3/h6-9,11-12,15H,4-5,10,13H2,1-3H3. The van der Waals surface area contributed by atoms with Crippen LogP contribution in [0.25, 0.3) is 22.0 Å². The SMILES string of the molecule is COc1cc(C(F)(F)F)ccc1-c1nnc(N2CCCC(N(C)C)C2)c2ccncc12. The van der Waals surface area contributed by atoms with E-state index in [4.69, 9.17) is 4.74 Å². The Morgan fingerprint density at radius 3 is 2.65 bits per heavy atom. The first kappa shape index (κ1) is 21.3. The molecule has 0 N–H and O–H groups in total. The van der Waals surface area contributed by atoms with Gasteiger partial charge >= 0.3 is 6.18 Å². The molecule has 3 heterocycles. The topological polar surface area (TPSA) is 54.4 Å². The zero-order valence-electron chi connectivity index (χ0n) is 17.6. The number of hydrogen-bond donors (Lipinski definition) is 0. The monoisotopic (exact) mass is 431 g/mol. The van der Waals surface area contributed by atoms with Gasteiger partial charge in [-0.2, -0.15) is 13.2 Å². The van der Waals surface area contributed by atoms with E-state index in [0.717, 1.165) is 54.7 Å². The fourth-order valence-corrected chi connectivity index (χ4v) is 4.05. The maximum atomic E-state index is 13.1. The highest BCUT2D eigenvalue weighted by atomic mass is 19.4. The number of halogens is 3. The molecule has 1 atom stereocenters. The van der Waals surface area contributed by atoms with E-state index in [1.807, 2.05) is 6.07 Å². The van der Waals surface area contributed by atoms with E-state index >= 15 is 0 Å². The minimum Gasteiger partial charge on any atom is -0.496 e. The summed E-state index contributed by atoms with van der Waals surface area (Å²) in [5.41, 5.74) is 0.110. The van der Waals surface area contributed by atoms with Gasteiger partial charge < -0.3 is 14.5 Å². The van der Waals surface area contributed by atoms with E-state index in [1.54, 1.807) is 12.4 Å². The molecule has 0 spiro atoms. The Bertz CT molecular complexity index is 1090. The van der Waals surface area contributed by atoms with E-state index in [2.05, 4.69) is 39.1 Å². The van der Waals surface area contributed by atoms with Crippen LogP contribution in [0.4, 0.5) is 19.0 Å². The van der Waals surface area contributed by atoms with Gasteiger partial charge in [0.25, 0.3) is 0 Å². The van der Waals surface area contributed by atoms with Crippen molar-refractivity contribution in [3.05, 3.63) is 42.2 Å². The minimum atomic E-state index is -4.46. The van der Waals surface area contributed by atoms with Gasteiger partial charge in [0.1, 0.15) is 11.4 Å². The molecular formula is C22H24F3N5O. The highest BCUT2D eigenvalue weighted by Crippen LogP contribution is 2.39. The van der Waals surface area contributed by atoms with Crippen LogP contribution in [0.2, 0.25) is 0 Å². The number of methoxy groups -OCH3 is 1. The summed E-state index contributed by atoms with van der Waals surface area (Å²) >= 11 is 0. The third-order valence-electron chi connectivity index (χ3n) is 5.77. The molecule has 9 heteroatoms. The number of ether oxygens (including phenoxy) is 1. The van der Waals surface area contributed by atoms with Crippen LogP contribution in [-0.4, -0.2) is 60.4 Å². The van der Waals surface area contributed by atoms with Gasteiger partial charge in [0.05, 0.1) is 12.7 Å². The van der Waals surface area contributed by atoms with Crippen LogP contribution in [0.1, 0.15) is 18.4 Å². The Hall–Kier alpha value is -2.94. The van der Waals surface area contributed by atoms with E-state index in [9.17, 15) is 13.2 Å². The van der Waals surface area contributed by atoms with Crippen molar-refractivity contribution in [3.8, 4) is 17.0 Å². The highest BCUT2D eigenvalue weighted by Gasteiger charge is 2.32. The summed E-state index contributed by atoms with van der Waals surface area (Å²) in [4.78, 5) is 8.66. The van der Waals surface area contributed by atoms with Gasteiger partial charge in [0, 0.05) is 47.9 Å². The van der Waals surface area contributed by atoms with Crippen molar-refractivity contribution >= 4 is 16.6 Å². The Morgan fingerprint density at radius 2 is 1.94 bits per heavy atom. The molecule has 31 heavy (non-hydrogen) atoms.